The Morgan fingerprint density at radius 3 is 1.89 bits per heavy atom. The highest BCUT2D eigenvalue weighted by Gasteiger charge is 2.34. The van der Waals surface area contributed by atoms with E-state index >= 15 is 0 Å². The largest absolute Gasteiger partial charge is 0.315 e. The van der Waals surface area contributed by atoms with Crippen LogP contribution in [-0.4, -0.2) is 13.0 Å². The lowest BCUT2D eigenvalue weighted by atomic mass is 9.90. The number of carbonyl (C=O) groups is 1. The summed E-state index contributed by atoms with van der Waals surface area (Å²) >= 11 is 0. The predicted octanol–water partition coefficient (Wildman–Crippen LogP) is 5.67. The van der Waals surface area contributed by atoms with Crippen LogP contribution < -0.4 is 4.90 Å². The molecule has 1 atom stereocenters. The molecule has 0 N–H and O–H groups in total. The first-order chi connectivity index (χ1) is 13.3. The molecular weight excluding hydrogens is 330 g/mol. The highest BCUT2D eigenvalue weighted by atomic mass is 16.2. The monoisotopic (exact) mass is 353 g/mol. The number of allylic oxidation sites excluding steroid dienone is 1. The van der Waals surface area contributed by atoms with Crippen molar-refractivity contribution in [2.75, 3.05) is 11.9 Å². The zero-order valence-electron chi connectivity index (χ0n) is 15.5. The van der Waals surface area contributed by atoms with Crippen LogP contribution in [0.2, 0.25) is 0 Å². The third-order valence-electron chi connectivity index (χ3n) is 5.34. The van der Waals surface area contributed by atoms with Crippen molar-refractivity contribution in [3.8, 4) is 0 Å². The number of hydrogen-bond donors (Lipinski definition) is 0. The molecule has 3 aromatic rings. The van der Waals surface area contributed by atoms with Gasteiger partial charge in [0.25, 0.3) is 0 Å². The average Bonchev–Trinajstić information content (AvgIpc) is 3.19. The standard InChI is InChI=1S/C25H23NO/c1-26(21-15-9-4-10-16-21)25(27)23-18-17-22(19-11-5-2-6-12-19)24(23)20-13-7-3-8-14-20/h2-16,23H,17-18H2,1H3/t23-/m0/s1. The molecule has 0 unspecified atom stereocenters. The second kappa shape index (κ2) is 7.63. The number of amides is 1. The van der Waals surface area contributed by atoms with Gasteiger partial charge in [-0.25, -0.2) is 0 Å². The van der Waals surface area contributed by atoms with Crippen molar-refractivity contribution in [2.24, 2.45) is 5.92 Å². The van der Waals surface area contributed by atoms with Crippen LogP contribution in [0, 0.1) is 5.92 Å². The van der Waals surface area contributed by atoms with E-state index in [1.807, 2.05) is 61.6 Å². The minimum Gasteiger partial charge on any atom is -0.315 e. The molecule has 2 nitrogen and oxygen atoms in total. The minimum absolute atomic E-state index is 0.118. The van der Waals surface area contributed by atoms with E-state index in [2.05, 4.69) is 36.4 Å². The lowest BCUT2D eigenvalue weighted by molar-refractivity contribution is -0.120. The number of anilines is 1. The zero-order valence-corrected chi connectivity index (χ0v) is 15.5. The molecule has 134 valence electrons. The summed E-state index contributed by atoms with van der Waals surface area (Å²) in [6.07, 6.45) is 1.78. The van der Waals surface area contributed by atoms with Crippen molar-refractivity contribution in [3.05, 3.63) is 102 Å². The predicted molar refractivity (Wildman–Crippen MR) is 112 cm³/mol. The SMILES string of the molecule is CN(C(=O)[C@H]1CCC(c2ccccc2)=C1c1ccccc1)c1ccccc1. The maximum Gasteiger partial charge on any atom is 0.234 e. The van der Waals surface area contributed by atoms with Crippen molar-refractivity contribution >= 4 is 22.7 Å². The molecule has 0 saturated carbocycles. The van der Waals surface area contributed by atoms with Gasteiger partial charge in [0.2, 0.25) is 5.91 Å². The van der Waals surface area contributed by atoms with Gasteiger partial charge in [0.05, 0.1) is 5.92 Å². The summed E-state index contributed by atoms with van der Waals surface area (Å²) in [4.78, 5) is 15.2. The van der Waals surface area contributed by atoms with Crippen LogP contribution in [0.3, 0.4) is 0 Å². The molecule has 0 aromatic heterocycles. The maximum absolute atomic E-state index is 13.4. The van der Waals surface area contributed by atoms with Gasteiger partial charge < -0.3 is 4.90 Å². The van der Waals surface area contributed by atoms with E-state index in [-0.39, 0.29) is 11.8 Å². The quantitative estimate of drug-likeness (QED) is 0.592. The summed E-state index contributed by atoms with van der Waals surface area (Å²) < 4.78 is 0. The molecule has 0 radical (unpaired) electrons. The highest BCUT2D eigenvalue weighted by molar-refractivity contribution is 6.08. The maximum atomic E-state index is 13.4. The summed E-state index contributed by atoms with van der Waals surface area (Å²) in [5.74, 6) is 0.0406. The molecule has 0 heterocycles. The first-order valence-corrected chi connectivity index (χ1v) is 9.42. The number of rotatable bonds is 4. The van der Waals surface area contributed by atoms with Gasteiger partial charge in [0.15, 0.2) is 0 Å². The van der Waals surface area contributed by atoms with Crippen LogP contribution in [-0.2, 0) is 4.79 Å². The molecule has 1 aliphatic rings. The van der Waals surface area contributed by atoms with Crippen LogP contribution in [0.4, 0.5) is 5.69 Å². The van der Waals surface area contributed by atoms with Crippen LogP contribution in [0.1, 0.15) is 24.0 Å². The van der Waals surface area contributed by atoms with Gasteiger partial charge in [0, 0.05) is 12.7 Å². The van der Waals surface area contributed by atoms with Crippen LogP contribution in [0.5, 0.6) is 0 Å². The average molecular weight is 353 g/mol. The number of nitrogens with zero attached hydrogens (tertiary/aromatic N) is 1. The van der Waals surface area contributed by atoms with Crippen LogP contribution in [0.25, 0.3) is 11.1 Å². The molecule has 0 saturated heterocycles. The second-order valence-electron chi connectivity index (χ2n) is 6.95. The third kappa shape index (κ3) is 3.43. The molecular formula is C25H23NO. The lowest BCUT2D eigenvalue weighted by Crippen LogP contribution is -2.32. The van der Waals surface area contributed by atoms with Gasteiger partial charge in [-0.2, -0.15) is 0 Å². The van der Waals surface area contributed by atoms with Gasteiger partial charge in [-0.3, -0.25) is 4.79 Å². The second-order valence-corrected chi connectivity index (χ2v) is 6.95. The normalized spacial score (nSPS) is 16.4. The molecule has 0 aliphatic heterocycles. The Balaban J connectivity index is 1.76. The van der Waals surface area contributed by atoms with Crippen LogP contribution in [0.15, 0.2) is 91.0 Å². The van der Waals surface area contributed by atoms with Crippen molar-refractivity contribution < 1.29 is 4.79 Å². The number of carbonyl (C=O) groups excluding carboxylic acids is 1. The Morgan fingerprint density at radius 2 is 1.30 bits per heavy atom. The van der Waals surface area contributed by atoms with Gasteiger partial charge >= 0.3 is 0 Å². The van der Waals surface area contributed by atoms with E-state index in [1.165, 1.54) is 16.7 Å². The molecule has 3 aromatic carbocycles. The summed E-state index contributed by atoms with van der Waals surface area (Å²) in [5, 5.41) is 0. The third-order valence-corrected chi connectivity index (χ3v) is 5.34. The van der Waals surface area contributed by atoms with Crippen molar-refractivity contribution in [2.45, 2.75) is 12.8 Å². The molecule has 2 heteroatoms. The minimum atomic E-state index is -0.118. The first-order valence-electron chi connectivity index (χ1n) is 9.42. The Hall–Kier alpha value is -3.13. The Kier molecular flexibility index (Phi) is 4.88. The fourth-order valence-corrected chi connectivity index (χ4v) is 3.97. The zero-order chi connectivity index (χ0) is 18.6. The summed E-state index contributed by atoms with van der Waals surface area (Å²) in [6.45, 7) is 0. The van der Waals surface area contributed by atoms with E-state index in [9.17, 15) is 4.79 Å². The van der Waals surface area contributed by atoms with Gasteiger partial charge in [-0.15, -0.1) is 0 Å². The van der Waals surface area contributed by atoms with Crippen molar-refractivity contribution in [1.82, 2.24) is 0 Å². The number of hydrogen-bond acceptors (Lipinski definition) is 1. The van der Waals surface area contributed by atoms with Gasteiger partial charge in [-0.05, 0) is 47.2 Å². The van der Waals surface area contributed by atoms with E-state index in [0.29, 0.717) is 0 Å². The van der Waals surface area contributed by atoms with E-state index in [1.54, 1.807) is 4.90 Å². The van der Waals surface area contributed by atoms with Gasteiger partial charge in [0.1, 0.15) is 0 Å². The topological polar surface area (TPSA) is 20.3 Å². The van der Waals surface area contributed by atoms with Crippen molar-refractivity contribution in [3.63, 3.8) is 0 Å². The molecule has 4 rings (SSSR count). The van der Waals surface area contributed by atoms with E-state index in [0.717, 1.165) is 24.1 Å². The Bertz CT molecular complexity index is 945. The lowest BCUT2D eigenvalue weighted by Gasteiger charge is -2.23. The fourth-order valence-electron chi connectivity index (χ4n) is 3.97. The summed E-state index contributed by atoms with van der Waals surface area (Å²) in [6, 6.07) is 30.7. The van der Waals surface area contributed by atoms with Crippen molar-refractivity contribution in [1.29, 1.82) is 0 Å². The number of para-hydroxylation sites is 1. The number of benzene rings is 3. The molecule has 0 bridgehead atoms. The van der Waals surface area contributed by atoms with E-state index < -0.39 is 0 Å². The van der Waals surface area contributed by atoms with Crippen LogP contribution >= 0.6 is 0 Å². The van der Waals surface area contributed by atoms with Gasteiger partial charge in [-0.1, -0.05) is 78.9 Å². The molecule has 27 heavy (non-hydrogen) atoms. The summed E-state index contributed by atoms with van der Waals surface area (Å²) in [5.41, 5.74) is 5.77. The highest BCUT2D eigenvalue weighted by Crippen LogP contribution is 2.44. The Labute approximate surface area is 160 Å². The Morgan fingerprint density at radius 1 is 0.778 bits per heavy atom. The molecule has 0 spiro atoms. The molecule has 1 aliphatic carbocycles. The smallest absolute Gasteiger partial charge is 0.234 e. The fraction of sp³-hybridized carbons (Fsp3) is 0.160. The van der Waals surface area contributed by atoms with E-state index in [4.69, 9.17) is 0 Å². The molecule has 1 amide bonds. The summed E-state index contributed by atoms with van der Waals surface area (Å²) in [7, 11) is 1.88. The molecule has 0 fully saturated rings. The first kappa shape index (κ1) is 17.3.